The van der Waals surface area contributed by atoms with E-state index in [2.05, 4.69) is 34.9 Å². The van der Waals surface area contributed by atoms with Crippen LogP contribution >= 0.6 is 9.24 Å². The van der Waals surface area contributed by atoms with Gasteiger partial charge in [-0.1, -0.05) is 0 Å². The fraction of sp³-hybridized carbons (Fsp3) is 0.0909. The van der Waals surface area contributed by atoms with Gasteiger partial charge in [0, 0.05) is 0 Å². The second kappa shape index (κ2) is 9.50. The summed E-state index contributed by atoms with van der Waals surface area (Å²) in [5, 5.41) is 0. The average Bonchev–Trinajstić information content (AvgIpc) is 2.81. The molecule has 0 aromatic heterocycles. The minimum absolute atomic E-state index is 0. The van der Waals surface area contributed by atoms with E-state index < -0.39 is 0 Å². The summed E-state index contributed by atoms with van der Waals surface area (Å²) in [6, 6.07) is 0. The van der Waals surface area contributed by atoms with Crippen molar-refractivity contribution < 1.29 is 17.1 Å². The van der Waals surface area contributed by atoms with Gasteiger partial charge in [-0.3, -0.25) is 0 Å². The first kappa shape index (κ1) is 13.9. The predicted octanol–water partition coefficient (Wildman–Crippen LogP) is 2.29. The standard InChI is InChI=1S/C6H8P.C5H5.Fe/c7-5-6-3-1-2-4-6;1-2-4-5-3-1;/h1-4H,5,7H2;1-5H;/q;;+2. The van der Waals surface area contributed by atoms with Gasteiger partial charge in [0.05, 0.1) is 0 Å². The molecule has 0 spiro atoms. The average molecular weight is 232 g/mol. The molecule has 10 radical (unpaired) electrons. The molecule has 0 aliphatic heterocycles. The molecular weight excluding hydrogens is 219 g/mol. The molecule has 2 heteroatoms. The molecule has 2 fully saturated rings. The van der Waals surface area contributed by atoms with E-state index in [0.717, 1.165) is 6.16 Å². The molecule has 0 saturated heterocycles. The molecule has 2 saturated carbocycles. The number of hydrogen-bond acceptors (Lipinski definition) is 0. The maximum Gasteiger partial charge on any atom is 2.00 e. The Bertz CT molecular complexity index is 88.7. The van der Waals surface area contributed by atoms with Crippen LogP contribution < -0.4 is 0 Å². The summed E-state index contributed by atoms with van der Waals surface area (Å²) in [6.45, 7) is 0. The molecule has 13 heavy (non-hydrogen) atoms. The van der Waals surface area contributed by atoms with Gasteiger partial charge in [0.2, 0.25) is 0 Å². The van der Waals surface area contributed by atoms with Crippen molar-refractivity contribution in [3.05, 3.63) is 63.7 Å². The third kappa shape index (κ3) is 6.95. The van der Waals surface area contributed by atoms with Gasteiger partial charge in [-0.25, -0.2) is 0 Å². The molecule has 0 aromatic rings. The molecule has 0 heterocycles. The fourth-order valence-electron chi connectivity index (χ4n) is 0.871. The van der Waals surface area contributed by atoms with Gasteiger partial charge in [-0.2, -0.15) is 0 Å². The minimum atomic E-state index is 0. The summed E-state index contributed by atoms with van der Waals surface area (Å²) in [5.74, 6) is 1.39. The Morgan fingerprint density at radius 2 is 1.15 bits per heavy atom. The summed E-state index contributed by atoms with van der Waals surface area (Å²) in [5.41, 5.74) is 0. The summed E-state index contributed by atoms with van der Waals surface area (Å²) in [6.07, 6.45) is 19.4. The smallest absolute Gasteiger partial charge is 0.137 e. The predicted molar refractivity (Wildman–Crippen MR) is 56.5 cm³/mol. The van der Waals surface area contributed by atoms with E-state index >= 15 is 0 Å². The van der Waals surface area contributed by atoms with E-state index in [1.54, 1.807) is 0 Å². The van der Waals surface area contributed by atoms with Gasteiger partial charge in [0.15, 0.2) is 0 Å². The Labute approximate surface area is 96.3 Å². The summed E-state index contributed by atoms with van der Waals surface area (Å²) >= 11 is 0. The Hall–Kier alpha value is 0.949. The Kier molecular flexibility index (Phi) is 10.2. The maximum atomic E-state index is 2.68. The molecule has 2 rings (SSSR count). The van der Waals surface area contributed by atoms with E-state index in [1.165, 1.54) is 5.92 Å². The molecule has 0 aromatic carbocycles. The Morgan fingerprint density at radius 3 is 1.38 bits per heavy atom. The van der Waals surface area contributed by atoms with Crippen LogP contribution in [-0.4, -0.2) is 6.16 Å². The van der Waals surface area contributed by atoms with Crippen molar-refractivity contribution in [2.24, 2.45) is 0 Å². The first-order valence-corrected chi connectivity index (χ1v) is 4.82. The van der Waals surface area contributed by atoms with Crippen molar-refractivity contribution in [1.82, 2.24) is 0 Å². The quantitative estimate of drug-likeness (QED) is 0.480. The first-order chi connectivity index (χ1) is 5.93. The SMILES string of the molecule is PC[C]1[CH][CH][CH][CH]1.[CH]1[CH][CH][CH][CH]1.[Fe+2]. The molecule has 2 aliphatic carbocycles. The zero-order chi connectivity index (χ0) is 8.65. The van der Waals surface area contributed by atoms with E-state index in [4.69, 9.17) is 0 Å². The van der Waals surface area contributed by atoms with Crippen LogP contribution in [0.15, 0.2) is 0 Å². The van der Waals surface area contributed by atoms with Crippen LogP contribution in [0.1, 0.15) is 0 Å². The monoisotopic (exact) mass is 232 g/mol. The second-order valence-corrected chi connectivity index (χ2v) is 2.87. The van der Waals surface area contributed by atoms with E-state index in [1.807, 2.05) is 32.1 Å². The summed E-state index contributed by atoms with van der Waals surface area (Å²) in [7, 11) is 2.68. The second-order valence-electron chi connectivity index (χ2n) is 2.46. The van der Waals surface area contributed by atoms with Crippen molar-refractivity contribution in [1.29, 1.82) is 0 Å². The molecule has 0 amide bonds. The van der Waals surface area contributed by atoms with Crippen molar-refractivity contribution in [3.8, 4) is 0 Å². The Morgan fingerprint density at radius 1 is 0.769 bits per heavy atom. The van der Waals surface area contributed by atoms with Crippen molar-refractivity contribution in [3.63, 3.8) is 0 Å². The third-order valence-electron chi connectivity index (χ3n) is 1.52. The molecule has 1 atom stereocenters. The van der Waals surface area contributed by atoms with Crippen LogP contribution in [0.5, 0.6) is 0 Å². The molecule has 2 aliphatic rings. The largest absolute Gasteiger partial charge is 2.00 e. The van der Waals surface area contributed by atoms with Crippen molar-refractivity contribution >= 4 is 9.24 Å². The maximum absolute atomic E-state index is 2.68. The van der Waals surface area contributed by atoms with Crippen LogP contribution in [0.4, 0.5) is 0 Å². The van der Waals surface area contributed by atoms with Crippen LogP contribution in [0.2, 0.25) is 0 Å². The van der Waals surface area contributed by atoms with E-state index in [0.29, 0.717) is 0 Å². The topological polar surface area (TPSA) is 0 Å². The Balaban J connectivity index is 0.000000215. The summed E-state index contributed by atoms with van der Waals surface area (Å²) < 4.78 is 0. The molecular formula is C11H13FeP+2. The van der Waals surface area contributed by atoms with Crippen LogP contribution in [-0.2, 0) is 17.1 Å². The molecule has 0 bridgehead atoms. The van der Waals surface area contributed by atoms with Gasteiger partial charge in [-0.15, -0.1) is 9.24 Å². The normalized spacial score (nSPS) is 21.9. The zero-order valence-corrected chi connectivity index (χ0v) is 9.59. The van der Waals surface area contributed by atoms with Gasteiger partial charge in [0.1, 0.15) is 0 Å². The van der Waals surface area contributed by atoms with Crippen LogP contribution in [0, 0.1) is 63.7 Å². The van der Waals surface area contributed by atoms with E-state index in [9.17, 15) is 0 Å². The summed E-state index contributed by atoms with van der Waals surface area (Å²) in [4.78, 5) is 0. The van der Waals surface area contributed by atoms with Crippen LogP contribution in [0.3, 0.4) is 0 Å². The first-order valence-electron chi connectivity index (χ1n) is 4.01. The third-order valence-corrected chi connectivity index (χ3v) is 1.99. The van der Waals surface area contributed by atoms with Crippen LogP contribution in [0.25, 0.3) is 0 Å². The van der Waals surface area contributed by atoms with Crippen molar-refractivity contribution in [2.45, 2.75) is 0 Å². The number of hydrogen-bond donors (Lipinski definition) is 0. The van der Waals surface area contributed by atoms with Gasteiger partial charge in [-0.05, 0) is 69.9 Å². The molecule has 1 unspecified atom stereocenters. The van der Waals surface area contributed by atoms with Crippen molar-refractivity contribution in [2.75, 3.05) is 6.16 Å². The molecule has 0 nitrogen and oxygen atoms in total. The molecule has 0 N–H and O–H groups in total. The number of rotatable bonds is 1. The molecule has 68 valence electrons. The fourth-order valence-corrected chi connectivity index (χ4v) is 1.14. The van der Waals surface area contributed by atoms with Gasteiger partial charge >= 0.3 is 17.1 Å². The van der Waals surface area contributed by atoms with Gasteiger partial charge in [0.25, 0.3) is 0 Å². The van der Waals surface area contributed by atoms with E-state index in [-0.39, 0.29) is 17.1 Å². The minimum Gasteiger partial charge on any atom is -0.137 e. The zero-order valence-electron chi connectivity index (χ0n) is 7.33. The van der Waals surface area contributed by atoms with Gasteiger partial charge < -0.3 is 0 Å².